The number of nitrogens with zero attached hydrogens (tertiary/aromatic N) is 2. The molecule has 0 N–H and O–H groups in total. The Morgan fingerprint density at radius 3 is 2.29 bits per heavy atom. The third kappa shape index (κ3) is 2.43. The van der Waals surface area contributed by atoms with Gasteiger partial charge >= 0.3 is 0 Å². The molecule has 126 valence electrons. The summed E-state index contributed by atoms with van der Waals surface area (Å²) in [4.78, 5) is 40.8. The van der Waals surface area contributed by atoms with E-state index in [1.165, 1.54) is 19.3 Å². The zero-order chi connectivity index (χ0) is 16.7. The van der Waals surface area contributed by atoms with Crippen LogP contribution in [0.1, 0.15) is 59.2 Å². The van der Waals surface area contributed by atoms with Crippen LogP contribution >= 0.6 is 0 Å². The summed E-state index contributed by atoms with van der Waals surface area (Å²) in [6.45, 7) is 0.624. The number of imide groups is 1. The molecule has 3 amide bonds. The van der Waals surface area contributed by atoms with Crippen molar-refractivity contribution >= 4 is 17.7 Å². The Labute approximate surface area is 141 Å². The van der Waals surface area contributed by atoms with Crippen LogP contribution in [0, 0.1) is 5.92 Å². The molecule has 0 aromatic heterocycles. The molecular formula is C19H22N2O3. The first kappa shape index (κ1) is 15.4. The van der Waals surface area contributed by atoms with E-state index in [2.05, 4.69) is 0 Å². The number of hydrogen-bond donors (Lipinski definition) is 0. The molecule has 0 unspecified atom stereocenters. The van der Waals surface area contributed by atoms with E-state index in [4.69, 9.17) is 0 Å². The van der Waals surface area contributed by atoms with Crippen LogP contribution < -0.4 is 0 Å². The predicted octanol–water partition coefficient (Wildman–Crippen LogP) is 2.46. The van der Waals surface area contributed by atoms with Gasteiger partial charge in [0.15, 0.2) is 0 Å². The van der Waals surface area contributed by atoms with Crippen molar-refractivity contribution in [3.05, 3.63) is 35.4 Å². The van der Waals surface area contributed by atoms with Crippen LogP contribution in [0.3, 0.4) is 0 Å². The van der Waals surface area contributed by atoms with Crippen LogP contribution in [0.15, 0.2) is 24.3 Å². The lowest BCUT2D eigenvalue weighted by molar-refractivity contribution is -0.137. The van der Waals surface area contributed by atoms with Gasteiger partial charge in [0.1, 0.15) is 6.54 Å². The van der Waals surface area contributed by atoms with Gasteiger partial charge < -0.3 is 4.90 Å². The number of likely N-dealkylation sites (tertiary alicyclic amines) is 1. The molecule has 0 radical (unpaired) electrons. The van der Waals surface area contributed by atoms with Gasteiger partial charge in [0, 0.05) is 12.6 Å². The molecule has 1 aromatic carbocycles. The Morgan fingerprint density at radius 1 is 0.958 bits per heavy atom. The third-order valence-corrected chi connectivity index (χ3v) is 5.74. The largest absolute Gasteiger partial charge is 0.338 e. The predicted molar refractivity (Wildman–Crippen MR) is 88.5 cm³/mol. The molecule has 5 nitrogen and oxygen atoms in total. The van der Waals surface area contributed by atoms with E-state index in [0.29, 0.717) is 23.1 Å². The monoisotopic (exact) mass is 326 g/mol. The summed E-state index contributed by atoms with van der Waals surface area (Å²) in [6.07, 6.45) is 6.88. The number of piperidine rings is 1. The van der Waals surface area contributed by atoms with Crippen molar-refractivity contribution in [1.29, 1.82) is 0 Å². The topological polar surface area (TPSA) is 57.7 Å². The van der Waals surface area contributed by atoms with Crippen molar-refractivity contribution in [2.24, 2.45) is 5.92 Å². The normalized spacial score (nSPS) is 26.3. The molecule has 1 saturated carbocycles. The Hall–Kier alpha value is -2.17. The molecular weight excluding hydrogens is 304 g/mol. The van der Waals surface area contributed by atoms with Crippen molar-refractivity contribution in [3.63, 3.8) is 0 Å². The van der Waals surface area contributed by atoms with E-state index in [1.54, 1.807) is 24.3 Å². The maximum Gasteiger partial charge on any atom is 0.262 e. The molecule has 4 rings (SSSR count). The van der Waals surface area contributed by atoms with Crippen molar-refractivity contribution in [2.45, 2.75) is 44.6 Å². The summed E-state index contributed by atoms with van der Waals surface area (Å²) >= 11 is 0. The van der Waals surface area contributed by atoms with Crippen LogP contribution in [0.25, 0.3) is 0 Å². The maximum atomic E-state index is 12.8. The minimum atomic E-state index is -0.346. The molecule has 1 aromatic rings. The molecule has 0 bridgehead atoms. The van der Waals surface area contributed by atoms with Gasteiger partial charge in [-0.1, -0.05) is 25.0 Å². The van der Waals surface area contributed by atoms with Crippen LogP contribution in [-0.2, 0) is 4.79 Å². The summed E-state index contributed by atoms with van der Waals surface area (Å²) in [5, 5.41) is 0. The van der Waals surface area contributed by atoms with Crippen molar-refractivity contribution < 1.29 is 14.4 Å². The highest BCUT2D eigenvalue weighted by atomic mass is 16.2. The number of rotatable bonds is 2. The standard InChI is InChI=1S/C19H22N2O3/c22-17(20-11-5-7-13-6-1-4-10-16(13)20)12-21-18(23)14-8-2-3-9-15(14)19(21)24/h2-3,8-9,13,16H,1,4-7,10-12H2/t13-,16-/m1/s1. The molecule has 3 aliphatic rings. The fraction of sp³-hybridized carbons (Fsp3) is 0.526. The zero-order valence-corrected chi connectivity index (χ0v) is 13.7. The van der Waals surface area contributed by atoms with Crippen LogP contribution in [-0.4, -0.2) is 46.7 Å². The molecule has 2 atom stereocenters. The molecule has 5 heteroatoms. The molecule has 24 heavy (non-hydrogen) atoms. The van der Waals surface area contributed by atoms with Gasteiger partial charge in [-0.05, 0) is 43.7 Å². The molecule has 1 aliphatic carbocycles. The summed E-state index contributed by atoms with van der Waals surface area (Å²) in [5.41, 5.74) is 0.814. The second-order valence-corrected chi connectivity index (χ2v) is 7.08. The lowest BCUT2D eigenvalue weighted by atomic mass is 9.78. The molecule has 2 aliphatic heterocycles. The van der Waals surface area contributed by atoms with Crippen LogP contribution in [0.4, 0.5) is 0 Å². The van der Waals surface area contributed by atoms with Gasteiger partial charge in [-0.25, -0.2) is 0 Å². The Bertz CT molecular complexity index is 663. The van der Waals surface area contributed by atoms with E-state index >= 15 is 0 Å². The highest BCUT2D eigenvalue weighted by Gasteiger charge is 2.40. The quantitative estimate of drug-likeness (QED) is 0.785. The van der Waals surface area contributed by atoms with Gasteiger partial charge in [0.25, 0.3) is 11.8 Å². The summed E-state index contributed by atoms with van der Waals surface area (Å²) < 4.78 is 0. The zero-order valence-electron chi connectivity index (χ0n) is 13.7. The first-order chi connectivity index (χ1) is 11.7. The van der Waals surface area contributed by atoms with Gasteiger partial charge in [-0.15, -0.1) is 0 Å². The van der Waals surface area contributed by atoms with E-state index < -0.39 is 0 Å². The minimum Gasteiger partial charge on any atom is -0.338 e. The average Bonchev–Trinajstić information content (AvgIpc) is 2.86. The third-order valence-electron chi connectivity index (χ3n) is 5.74. The molecule has 2 heterocycles. The SMILES string of the molecule is O=C1c2ccccc2C(=O)N1CC(=O)N1CCC[C@H]2CCCC[C@H]21. The Kier molecular flexibility index (Phi) is 3.87. The maximum absolute atomic E-state index is 12.8. The molecule has 2 fully saturated rings. The van der Waals surface area contributed by atoms with E-state index in [0.717, 1.165) is 30.7 Å². The second-order valence-electron chi connectivity index (χ2n) is 7.08. The summed E-state index contributed by atoms with van der Waals surface area (Å²) in [5.74, 6) is -0.179. The number of carbonyl (C=O) groups excluding carboxylic acids is 3. The number of amides is 3. The van der Waals surface area contributed by atoms with Gasteiger partial charge in [0.2, 0.25) is 5.91 Å². The van der Waals surface area contributed by atoms with Crippen molar-refractivity contribution in [1.82, 2.24) is 9.80 Å². The highest BCUT2D eigenvalue weighted by molar-refractivity contribution is 6.22. The minimum absolute atomic E-state index is 0.0823. The Balaban J connectivity index is 1.50. The average molecular weight is 326 g/mol. The summed E-state index contributed by atoms with van der Waals surface area (Å²) in [6, 6.07) is 7.09. The number of carbonyl (C=O) groups is 3. The smallest absolute Gasteiger partial charge is 0.262 e. The second kappa shape index (κ2) is 6.04. The van der Waals surface area contributed by atoms with Crippen LogP contribution in [0.2, 0.25) is 0 Å². The fourth-order valence-corrected chi connectivity index (χ4v) is 4.54. The van der Waals surface area contributed by atoms with Crippen LogP contribution in [0.5, 0.6) is 0 Å². The van der Waals surface area contributed by atoms with Crippen molar-refractivity contribution in [3.8, 4) is 0 Å². The van der Waals surface area contributed by atoms with Gasteiger partial charge in [-0.3, -0.25) is 19.3 Å². The van der Waals surface area contributed by atoms with E-state index in [9.17, 15) is 14.4 Å². The van der Waals surface area contributed by atoms with Crippen molar-refractivity contribution in [2.75, 3.05) is 13.1 Å². The first-order valence-corrected chi connectivity index (χ1v) is 8.91. The highest BCUT2D eigenvalue weighted by Crippen LogP contribution is 2.35. The van der Waals surface area contributed by atoms with E-state index in [1.807, 2.05) is 4.90 Å². The molecule has 0 spiro atoms. The number of benzene rings is 1. The number of fused-ring (bicyclic) bond motifs is 2. The Morgan fingerprint density at radius 2 is 1.58 bits per heavy atom. The summed E-state index contributed by atoms with van der Waals surface area (Å²) in [7, 11) is 0. The molecule has 1 saturated heterocycles. The number of hydrogen-bond acceptors (Lipinski definition) is 3. The van der Waals surface area contributed by atoms with Gasteiger partial charge in [0.05, 0.1) is 11.1 Å². The first-order valence-electron chi connectivity index (χ1n) is 8.91. The fourth-order valence-electron chi connectivity index (χ4n) is 4.54. The van der Waals surface area contributed by atoms with Gasteiger partial charge in [-0.2, -0.15) is 0 Å². The lowest BCUT2D eigenvalue weighted by Gasteiger charge is -2.44. The lowest BCUT2D eigenvalue weighted by Crippen LogP contribution is -2.53. The van der Waals surface area contributed by atoms with E-state index in [-0.39, 0.29) is 24.3 Å².